The molecule has 0 atom stereocenters. The molecule has 2 aromatic rings. The molecule has 5 nitrogen and oxygen atoms in total. The molecule has 1 aliphatic rings. The van der Waals surface area contributed by atoms with E-state index < -0.39 is 0 Å². The van der Waals surface area contributed by atoms with E-state index in [9.17, 15) is 9.18 Å². The number of aryl methyl sites for hydroxylation is 1. The lowest BCUT2D eigenvalue weighted by Crippen LogP contribution is -2.29. The topological polar surface area (TPSA) is 75.0 Å². The Morgan fingerprint density at radius 1 is 1.53 bits per heavy atom. The van der Waals surface area contributed by atoms with Crippen LogP contribution in [0.15, 0.2) is 18.2 Å². The van der Waals surface area contributed by atoms with Crippen molar-refractivity contribution in [1.82, 2.24) is 10.2 Å². The van der Waals surface area contributed by atoms with Gasteiger partial charge in [-0.1, -0.05) is 6.07 Å². The summed E-state index contributed by atoms with van der Waals surface area (Å²) in [6, 6.07) is 4.48. The molecular formula is C13H13FN4O. The van der Waals surface area contributed by atoms with Crippen molar-refractivity contribution in [3.63, 3.8) is 0 Å². The number of nitrogen functional groups attached to an aromatic ring is 1. The fourth-order valence-electron chi connectivity index (χ4n) is 2.29. The van der Waals surface area contributed by atoms with E-state index >= 15 is 0 Å². The summed E-state index contributed by atoms with van der Waals surface area (Å²) in [5.74, 6) is -0.657. The van der Waals surface area contributed by atoms with Crippen molar-refractivity contribution in [3.05, 3.63) is 41.0 Å². The number of amides is 1. The molecule has 0 unspecified atom stereocenters. The van der Waals surface area contributed by atoms with Crippen LogP contribution < -0.4 is 10.6 Å². The number of anilines is 2. The zero-order chi connectivity index (χ0) is 13.6. The number of H-pyrrole nitrogens is 1. The Morgan fingerprint density at radius 3 is 3.00 bits per heavy atom. The van der Waals surface area contributed by atoms with E-state index in [1.165, 1.54) is 17.0 Å². The highest BCUT2D eigenvalue weighted by Crippen LogP contribution is 2.30. The first-order valence-corrected chi connectivity index (χ1v) is 5.98. The summed E-state index contributed by atoms with van der Waals surface area (Å²) in [6.45, 7) is 2.26. The summed E-state index contributed by atoms with van der Waals surface area (Å²) in [4.78, 5) is 13.9. The maximum atomic E-state index is 13.3. The minimum Gasteiger partial charge on any atom is -0.395 e. The first kappa shape index (κ1) is 11.7. The van der Waals surface area contributed by atoms with Crippen molar-refractivity contribution in [2.75, 3.05) is 17.2 Å². The number of aromatic nitrogens is 2. The maximum absolute atomic E-state index is 13.3. The van der Waals surface area contributed by atoms with Crippen LogP contribution in [0.25, 0.3) is 0 Å². The SMILES string of the molecule is Cc1[nH]nc(C(=O)N2CCc3ccc(F)cc32)c1N. The van der Waals surface area contributed by atoms with Crippen molar-refractivity contribution in [1.29, 1.82) is 0 Å². The molecule has 1 aromatic carbocycles. The van der Waals surface area contributed by atoms with Crippen LogP contribution in [0.4, 0.5) is 15.8 Å². The van der Waals surface area contributed by atoms with E-state index in [-0.39, 0.29) is 17.4 Å². The molecule has 1 aliphatic heterocycles. The maximum Gasteiger partial charge on any atom is 0.280 e. The molecule has 2 heterocycles. The van der Waals surface area contributed by atoms with Crippen molar-refractivity contribution >= 4 is 17.3 Å². The number of fused-ring (bicyclic) bond motifs is 1. The summed E-state index contributed by atoms with van der Waals surface area (Å²) in [7, 11) is 0. The molecule has 6 heteroatoms. The van der Waals surface area contributed by atoms with Gasteiger partial charge in [-0.15, -0.1) is 0 Å². The van der Waals surface area contributed by atoms with Crippen LogP contribution in [0.2, 0.25) is 0 Å². The molecule has 3 N–H and O–H groups in total. The van der Waals surface area contributed by atoms with Crippen molar-refractivity contribution < 1.29 is 9.18 Å². The lowest BCUT2D eigenvalue weighted by atomic mass is 10.1. The van der Waals surface area contributed by atoms with Crippen LogP contribution in [-0.2, 0) is 6.42 Å². The van der Waals surface area contributed by atoms with E-state index in [4.69, 9.17) is 5.73 Å². The summed E-state index contributed by atoms with van der Waals surface area (Å²) < 4.78 is 13.3. The molecule has 0 spiro atoms. The van der Waals surface area contributed by atoms with E-state index in [0.29, 0.717) is 30.0 Å². The van der Waals surface area contributed by atoms with Gasteiger partial charge in [-0.25, -0.2) is 4.39 Å². The monoisotopic (exact) mass is 260 g/mol. The molecule has 3 rings (SSSR count). The molecule has 0 saturated carbocycles. The molecule has 0 radical (unpaired) electrons. The Hall–Kier alpha value is -2.37. The molecule has 0 saturated heterocycles. The molecule has 0 aliphatic carbocycles. The number of nitrogens with two attached hydrogens (primary N) is 1. The van der Waals surface area contributed by atoms with Gasteiger partial charge in [-0.05, 0) is 31.0 Å². The van der Waals surface area contributed by atoms with Gasteiger partial charge in [0, 0.05) is 6.54 Å². The van der Waals surface area contributed by atoms with E-state index in [2.05, 4.69) is 10.2 Å². The number of aromatic amines is 1. The quantitative estimate of drug-likeness (QED) is 0.818. The molecule has 0 fully saturated rings. The molecule has 1 amide bonds. The average molecular weight is 260 g/mol. The number of benzene rings is 1. The molecule has 19 heavy (non-hydrogen) atoms. The van der Waals surface area contributed by atoms with Gasteiger partial charge in [-0.3, -0.25) is 9.89 Å². The highest BCUT2D eigenvalue weighted by Gasteiger charge is 2.29. The minimum atomic E-state index is -0.357. The van der Waals surface area contributed by atoms with Crippen LogP contribution in [0.1, 0.15) is 21.7 Å². The fourth-order valence-corrected chi connectivity index (χ4v) is 2.29. The van der Waals surface area contributed by atoms with Gasteiger partial charge in [0.2, 0.25) is 0 Å². The zero-order valence-corrected chi connectivity index (χ0v) is 10.4. The Bertz CT molecular complexity index is 665. The van der Waals surface area contributed by atoms with Gasteiger partial charge in [0.1, 0.15) is 5.82 Å². The third kappa shape index (κ3) is 1.76. The van der Waals surface area contributed by atoms with Gasteiger partial charge in [0.15, 0.2) is 5.69 Å². The summed E-state index contributed by atoms with van der Waals surface area (Å²) in [5, 5.41) is 6.60. The van der Waals surface area contributed by atoms with Crippen LogP contribution in [0, 0.1) is 12.7 Å². The van der Waals surface area contributed by atoms with Crippen LogP contribution in [0.3, 0.4) is 0 Å². The number of carbonyl (C=O) groups is 1. The van der Waals surface area contributed by atoms with Gasteiger partial charge < -0.3 is 10.6 Å². The Balaban J connectivity index is 2.00. The Kier molecular flexibility index (Phi) is 2.51. The fraction of sp³-hybridized carbons (Fsp3) is 0.231. The minimum absolute atomic E-state index is 0.189. The van der Waals surface area contributed by atoms with Gasteiger partial charge >= 0.3 is 0 Å². The van der Waals surface area contributed by atoms with Crippen LogP contribution in [-0.4, -0.2) is 22.6 Å². The Labute approximate surface area is 109 Å². The first-order chi connectivity index (χ1) is 9.08. The van der Waals surface area contributed by atoms with E-state index in [0.717, 1.165) is 5.56 Å². The second kappa shape index (κ2) is 4.08. The number of carbonyl (C=O) groups excluding carboxylic acids is 1. The van der Waals surface area contributed by atoms with E-state index in [1.54, 1.807) is 13.0 Å². The van der Waals surface area contributed by atoms with Crippen LogP contribution in [0.5, 0.6) is 0 Å². The number of nitrogens with one attached hydrogen (secondary N) is 1. The summed E-state index contributed by atoms with van der Waals surface area (Å²) in [5.41, 5.74) is 8.55. The molecule has 0 bridgehead atoms. The average Bonchev–Trinajstić information content (AvgIpc) is 2.94. The van der Waals surface area contributed by atoms with Crippen molar-refractivity contribution in [2.24, 2.45) is 0 Å². The smallest absolute Gasteiger partial charge is 0.280 e. The third-order valence-corrected chi connectivity index (χ3v) is 3.39. The molecule has 1 aromatic heterocycles. The second-order valence-corrected chi connectivity index (χ2v) is 4.59. The summed E-state index contributed by atoms with van der Waals surface area (Å²) in [6.07, 6.45) is 0.713. The lowest BCUT2D eigenvalue weighted by molar-refractivity contribution is 0.0985. The van der Waals surface area contributed by atoms with Gasteiger partial charge in [-0.2, -0.15) is 5.10 Å². The van der Waals surface area contributed by atoms with Crippen LogP contribution >= 0.6 is 0 Å². The first-order valence-electron chi connectivity index (χ1n) is 5.98. The predicted molar refractivity (Wildman–Crippen MR) is 69.5 cm³/mol. The lowest BCUT2D eigenvalue weighted by Gasteiger charge is -2.16. The standard InChI is InChI=1S/C13H13FN4O/c1-7-11(15)12(17-16-7)13(19)18-5-4-8-2-3-9(14)6-10(8)18/h2-3,6H,4-5,15H2,1H3,(H,16,17). The number of nitrogens with zero attached hydrogens (tertiary/aromatic N) is 2. The van der Waals surface area contributed by atoms with Crippen molar-refractivity contribution in [3.8, 4) is 0 Å². The second-order valence-electron chi connectivity index (χ2n) is 4.59. The number of hydrogen-bond donors (Lipinski definition) is 2. The molecule has 98 valence electrons. The van der Waals surface area contributed by atoms with E-state index in [1.807, 2.05) is 0 Å². The predicted octanol–water partition coefficient (Wildman–Crippen LogP) is 1.64. The third-order valence-electron chi connectivity index (χ3n) is 3.39. The highest BCUT2D eigenvalue weighted by molar-refractivity contribution is 6.09. The highest BCUT2D eigenvalue weighted by atomic mass is 19.1. The Morgan fingerprint density at radius 2 is 2.32 bits per heavy atom. The number of rotatable bonds is 1. The number of hydrogen-bond acceptors (Lipinski definition) is 3. The molecular weight excluding hydrogens is 247 g/mol. The zero-order valence-electron chi connectivity index (χ0n) is 10.4. The normalized spacial score (nSPS) is 13.7. The number of halogens is 1. The van der Waals surface area contributed by atoms with Crippen molar-refractivity contribution in [2.45, 2.75) is 13.3 Å². The van der Waals surface area contributed by atoms with Gasteiger partial charge in [0.05, 0.1) is 17.1 Å². The van der Waals surface area contributed by atoms with Gasteiger partial charge in [0.25, 0.3) is 5.91 Å². The summed E-state index contributed by atoms with van der Waals surface area (Å²) >= 11 is 0. The largest absolute Gasteiger partial charge is 0.395 e.